The summed E-state index contributed by atoms with van der Waals surface area (Å²) in [7, 11) is 0. The second-order valence-electron chi connectivity index (χ2n) is 6.56. The Kier molecular flexibility index (Phi) is 5.94. The third-order valence-electron chi connectivity index (χ3n) is 4.51. The van der Waals surface area contributed by atoms with Crippen molar-refractivity contribution in [1.29, 1.82) is 0 Å². The van der Waals surface area contributed by atoms with Gasteiger partial charge in [-0.05, 0) is 37.5 Å². The topological polar surface area (TPSA) is 61.0 Å². The number of rotatable bonds is 5. The Balaban J connectivity index is 1.58. The third-order valence-corrected chi connectivity index (χ3v) is 4.74. The molecule has 0 saturated heterocycles. The molecule has 2 aromatic rings. The molecule has 1 aliphatic heterocycles. The number of unbranched alkanes of at least 4 members (excludes halogenated alkanes) is 1. The lowest BCUT2D eigenvalue weighted by Gasteiger charge is -2.27. The highest BCUT2D eigenvalue weighted by molar-refractivity contribution is 6.30. The van der Waals surface area contributed by atoms with Gasteiger partial charge in [-0.15, -0.1) is 0 Å². The zero-order chi connectivity index (χ0) is 19.4. The van der Waals surface area contributed by atoms with E-state index in [9.17, 15) is 18.0 Å². The number of alkyl halides is 3. The molecule has 0 bridgehead atoms. The van der Waals surface area contributed by atoms with Crippen LogP contribution in [-0.4, -0.2) is 33.8 Å². The molecule has 146 valence electrons. The fraction of sp³-hybridized carbons (Fsp3) is 0.444. The lowest BCUT2D eigenvalue weighted by atomic mass is 10.0. The summed E-state index contributed by atoms with van der Waals surface area (Å²) >= 11 is 5.93. The van der Waals surface area contributed by atoms with E-state index in [1.807, 2.05) is 0 Å². The van der Waals surface area contributed by atoms with E-state index in [0.29, 0.717) is 43.1 Å². The van der Waals surface area contributed by atoms with Gasteiger partial charge in [0.25, 0.3) is 0 Å². The summed E-state index contributed by atoms with van der Waals surface area (Å²) in [4.78, 5) is 14.2. The highest BCUT2D eigenvalue weighted by atomic mass is 35.5. The largest absolute Gasteiger partial charge is 0.389 e. The van der Waals surface area contributed by atoms with Gasteiger partial charge in [-0.3, -0.25) is 5.10 Å². The number of anilines is 1. The van der Waals surface area contributed by atoms with Crippen LogP contribution in [0.3, 0.4) is 0 Å². The smallest absolute Gasteiger partial charge is 0.320 e. The van der Waals surface area contributed by atoms with E-state index in [2.05, 4.69) is 15.5 Å². The number of halogens is 4. The molecule has 0 radical (unpaired) electrons. The van der Waals surface area contributed by atoms with Crippen LogP contribution >= 0.6 is 11.6 Å². The minimum atomic E-state index is -4.12. The summed E-state index contributed by atoms with van der Waals surface area (Å²) in [5.74, 6) is 0. The molecule has 0 spiro atoms. The summed E-state index contributed by atoms with van der Waals surface area (Å²) < 4.78 is 36.8. The highest BCUT2D eigenvalue weighted by Crippen LogP contribution is 2.25. The Morgan fingerprint density at radius 2 is 2.15 bits per heavy atom. The molecule has 0 atom stereocenters. The summed E-state index contributed by atoms with van der Waals surface area (Å²) in [6.45, 7) is 0.919. The molecular weight excluding hydrogens is 381 g/mol. The van der Waals surface area contributed by atoms with Crippen molar-refractivity contribution in [1.82, 2.24) is 15.1 Å². The number of carbonyl (C=O) groups excluding carboxylic acids is 1. The summed E-state index contributed by atoms with van der Waals surface area (Å²) in [6, 6.07) is 6.65. The van der Waals surface area contributed by atoms with E-state index in [-0.39, 0.29) is 12.5 Å². The molecule has 0 fully saturated rings. The van der Waals surface area contributed by atoms with Crippen molar-refractivity contribution >= 4 is 23.3 Å². The molecule has 0 unspecified atom stereocenters. The number of carbonyl (C=O) groups is 1. The van der Waals surface area contributed by atoms with Gasteiger partial charge in [0, 0.05) is 41.4 Å². The lowest BCUT2D eigenvalue weighted by molar-refractivity contribution is -0.135. The van der Waals surface area contributed by atoms with Crippen molar-refractivity contribution in [2.75, 3.05) is 11.9 Å². The number of H-pyrrole nitrogens is 1. The van der Waals surface area contributed by atoms with Crippen LogP contribution in [0, 0.1) is 0 Å². The first kappa shape index (κ1) is 19.5. The van der Waals surface area contributed by atoms with Gasteiger partial charge < -0.3 is 10.2 Å². The Labute approximate surface area is 159 Å². The molecule has 2 amide bonds. The predicted octanol–water partition coefficient (Wildman–Crippen LogP) is 4.93. The van der Waals surface area contributed by atoms with Gasteiger partial charge in [0.05, 0.1) is 12.2 Å². The number of nitrogens with zero attached hydrogens (tertiary/aromatic N) is 2. The number of aromatic nitrogens is 2. The van der Waals surface area contributed by atoms with Gasteiger partial charge in [-0.2, -0.15) is 18.3 Å². The van der Waals surface area contributed by atoms with Gasteiger partial charge in [0.1, 0.15) is 0 Å². The molecule has 1 aromatic heterocycles. The van der Waals surface area contributed by atoms with Crippen molar-refractivity contribution in [2.45, 2.75) is 44.8 Å². The third kappa shape index (κ3) is 5.38. The van der Waals surface area contributed by atoms with E-state index >= 15 is 0 Å². The van der Waals surface area contributed by atoms with Crippen LogP contribution in [0.5, 0.6) is 0 Å². The van der Waals surface area contributed by atoms with Crippen molar-refractivity contribution in [3.8, 4) is 0 Å². The fourth-order valence-electron chi connectivity index (χ4n) is 3.12. The maximum Gasteiger partial charge on any atom is 0.389 e. The normalized spacial score (nSPS) is 14.1. The first-order valence-corrected chi connectivity index (χ1v) is 9.13. The van der Waals surface area contributed by atoms with Gasteiger partial charge in [-0.25, -0.2) is 4.79 Å². The van der Waals surface area contributed by atoms with E-state index < -0.39 is 12.6 Å². The van der Waals surface area contributed by atoms with Crippen LogP contribution in [0.1, 0.15) is 36.2 Å². The Bertz CT molecular complexity index is 806. The van der Waals surface area contributed by atoms with Crippen molar-refractivity contribution in [2.24, 2.45) is 0 Å². The monoisotopic (exact) mass is 400 g/mol. The molecule has 3 rings (SSSR count). The number of hydrogen-bond acceptors (Lipinski definition) is 2. The first-order valence-electron chi connectivity index (χ1n) is 8.75. The number of nitrogens with one attached hydrogen (secondary N) is 2. The number of benzene rings is 1. The zero-order valence-corrected chi connectivity index (χ0v) is 15.3. The lowest BCUT2D eigenvalue weighted by Crippen LogP contribution is -2.39. The SMILES string of the molecule is O=C(Nc1cccc(Cl)c1)N1CCc2[nH]nc(CCCCC(F)(F)F)c2C1. The summed E-state index contributed by atoms with van der Waals surface area (Å²) in [5, 5.41) is 10.5. The number of fused-ring (bicyclic) bond motifs is 1. The van der Waals surface area contributed by atoms with Gasteiger partial charge >= 0.3 is 12.2 Å². The van der Waals surface area contributed by atoms with Crippen LogP contribution in [0.4, 0.5) is 23.7 Å². The molecular formula is C18H20ClF3N4O. The second kappa shape index (κ2) is 8.21. The van der Waals surface area contributed by atoms with Crippen LogP contribution in [0.2, 0.25) is 5.02 Å². The van der Waals surface area contributed by atoms with E-state index in [4.69, 9.17) is 11.6 Å². The van der Waals surface area contributed by atoms with Crippen LogP contribution in [0.25, 0.3) is 0 Å². The molecule has 0 saturated carbocycles. The molecule has 2 heterocycles. The first-order chi connectivity index (χ1) is 12.8. The Morgan fingerprint density at radius 3 is 2.89 bits per heavy atom. The van der Waals surface area contributed by atoms with E-state index in [0.717, 1.165) is 17.0 Å². The van der Waals surface area contributed by atoms with Crippen LogP contribution in [-0.2, 0) is 19.4 Å². The van der Waals surface area contributed by atoms with E-state index in [1.165, 1.54) is 0 Å². The van der Waals surface area contributed by atoms with Crippen molar-refractivity contribution in [3.05, 3.63) is 46.2 Å². The second-order valence-corrected chi connectivity index (χ2v) is 7.00. The minimum Gasteiger partial charge on any atom is -0.320 e. The number of aryl methyl sites for hydroxylation is 1. The van der Waals surface area contributed by atoms with Crippen molar-refractivity contribution in [3.63, 3.8) is 0 Å². The standard InChI is InChI=1S/C18H20ClF3N4O/c19-12-4-3-5-13(10-12)23-17(27)26-9-7-16-14(11-26)15(24-25-16)6-1-2-8-18(20,21)22/h3-5,10H,1-2,6-9,11H2,(H,23,27)(H,24,25). The highest BCUT2D eigenvalue weighted by Gasteiger charge is 2.27. The number of urea groups is 1. The molecule has 1 aromatic carbocycles. The minimum absolute atomic E-state index is 0.0735. The van der Waals surface area contributed by atoms with Crippen LogP contribution in [0.15, 0.2) is 24.3 Å². The molecule has 9 heteroatoms. The van der Waals surface area contributed by atoms with Gasteiger partial charge in [0.2, 0.25) is 0 Å². The van der Waals surface area contributed by atoms with Gasteiger partial charge in [-0.1, -0.05) is 17.7 Å². The van der Waals surface area contributed by atoms with Crippen molar-refractivity contribution < 1.29 is 18.0 Å². The van der Waals surface area contributed by atoms with E-state index in [1.54, 1.807) is 29.2 Å². The van der Waals surface area contributed by atoms with Crippen LogP contribution < -0.4 is 5.32 Å². The Hall–Kier alpha value is -2.22. The molecule has 1 aliphatic rings. The maximum atomic E-state index is 12.5. The average molecular weight is 401 g/mol. The Morgan fingerprint density at radius 1 is 1.33 bits per heavy atom. The number of amides is 2. The average Bonchev–Trinajstić information content (AvgIpc) is 3.00. The summed E-state index contributed by atoms with van der Waals surface area (Å²) in [6.07, 6.45) is -3.33. The maximum absolute atomic E-state index is 12.5. The molecule has 5 nitrogen and oxygen atoms in total. The fourth-order valence-corrected chi connectivity index (χ4v) is 3.31. The predicted molar refractivity (Wildman–Crippen MR) is 96.8 cm³/mol. The zero-order valence-electron chi connectivity index (χ0n) is 14.6. The number of aromatic amines is 1. The summed E-state index contributed by atoms with van der Waals surface area (Å²) in [5.41, 5.74) is 3.22. The molecule has 2 N–H and O–H groups in total. The quantitative estimate of drug-likeness (QED) is 0.699. The molecule has 27 heavy (non-hydrogen) atoms. The molecule has 0 aliphatic carbocycles. The van der Waals surface area contributed by atoms with Gasteiger partial charge in [0.15, 0.2) is 0 Å². The number of hydrogen-bond donors (Lipinski definition) is 2.